The molecule has 4 nitrogen and oxygen atoms in total. The fourth-order valence-corrected chi connectivity index (χ4v) is 2.63. The van der Waals surface area contributed by atoms with E-state index >= 15 is 0 Å². The van der Waals surface area contributed by atoms with Gasteiger partial charge in [0.05, 0.1) is 0 Å². The minimum absolute atomic E-state index is 0.0999. The number of nitrogens with two attached hydrogens (primary N) is 1. The first-order valence-electron chi connectivity index (χ1n) is 7.64. The SMILES string of the molecule is CC(C)c1cc(C(=O)N2CCCCCCC2)cc(N)n1. The van der Waals surface area contributed by atoms with Crippen LogP contribution in [0.2, 0.25) is 0 Å². The largest absolute Gasteiger partial charge is 0.384 e. The van der Waals surface area contributed by atoms with Crippen molar-refractivity contribution in [2.75, 3.05) is 18.8 Å². The van der Waals surface area contributed by atoms with E-state index in [-0.39, 0.29) is 11.8 Å². The highest BCUT2D eigenvalue weighted by molar-refractivity contribution is 5.95. The smallest absolute Gasteiger partial charge is 0.254 e. The van der Waals surface area contributed by atoms with Crippen LogP contribution in [0.3, 0.4) is 0 Å². The highest BCUT2D eigenvalue weighted by Gasteiger charge is 2.18. The van der Waals surface area contributed by atoms with Crippen molar-refractivity contribution in [1.29, 1.82) is 0 Å². The summed E-state index contributed by atoms with van der Waals surface area (Å²) in [5, 5.41) is 0. The third-order valence-electron chi connectivity index (χ3n) is 3.85. The van der Waals surface area contributed by atoms with Gasteiger partial charge in [0.15, 0.2) is 0 Å². The van der Waals surface area contributed by atoms with E-state index < -0.39 is 0 Å². The van der Waals surface area contributed by atoms with Gasteiger partial charge < -0.3 is 10.6 Å². The van der Waals surface area contributed by atoms with Gasteiger partial charge in [0.1, 0.15) is 5.82 Å². The number of nitrogen functional groups attached to an aromatic ring is 1. The van der Waals surface area contributed by atoms with Crippen LogP contribution in [0.4, 0.5) is 5.82 Å². The van der Waals surface area contributed by atoms with Gasteiger partial charge in [0.2, 0.25) is 0 Å². The van der Waals surface area contributed by atoms with Gasteiger partial charge in [-0.1, -0.05) is 33.1 Å². The van der Waals surface area contributed by atoms with Crippen molar-refractivity contribution in [2.45, 2.75) is 51.9 Å². The number of aromatic nitrogens is 1. The summed E-state index contributed by atoms with van der Waals surface area (Å²) in [7, 11) is 0. The number of carbonyl (C=O) groups is 1. The lowest BCUT2D eigenvalue weighted by molar-refractivity contribution is 0.0742. The molecule has 0 radical (unpaired) electrons. The molecule has 0 aliphatic carbocycles. The van der Waals surface area contributed by atoms with E-state index in [0.717, 1.165) is 31.6 Å². The quantitative estimate of drug-likeness (QED) is 0.901. The molecule has 1 aliphatic heterocycles. The van der Waals surface area contributed by atoms with Crippen LogP contribution >= 0.6 is 0 Å². The molecule has 110 valence electrons. The summed E-state index contributed by atoms with van der Waals surface area (Å²) in [6.07, 6.45) is 5.94. The van der Waals surface area contributed by atoms with Crippen molar-refractivity contribution in [3.05, 3.63) is 23.4 Å². The molecular weight excluding hydrogens is 250 g/mol. The molecule has 0 unspecified atom stereocenters. The van der Waals surface area contributed by atoms with Crippen LogP contribution in [0, 0.1) is 0 Å². The first-order chi connectivity index (χ1) is 9.58. The molecule has 2 rings (SSSR count). The minimum Gasteiger partial charge on any atom is -0.384 e. The van der Waals surface area contributed by atoms with Gasteiger partial charge in [-0.15, -0.1) is 0 Å². The third kappa shape index (κ3) is 3.71. The first-order valence-corrected chi connectivity index (χ1v) is 7.64. The number of hydrogen-bond donors (Lipinski definition) is 1. The van der Waals surface area contributed by atoms with Crippen LogP contribution in [0.15, 0.2) is 12.1 Å². The summed E-state index contributed by atoms with van der Waals surface area (Å²) in [4.78, 5) is 18.9. The molecule has 1 saturated heterocycles. The molecule has 0 bridgehead atoms. The van der Waals surface area contributed by atoms with E-state index in [0.29, 0.717) is 11.4 Å². The lowest BCUT2D eigenvalue weighted by Crippen LogP contribution is -2.34. The van der Waals surface area contributed by atoms with Crippen molar-refractivity contribution < 1.29 is 4.79 Å². The van der Waals surface area contributed by atoms with Crippen LogP contribution in [0.1, 0.15) is 67.9 Å². The number of anilines is 1. The Bertz CT molecular complexity index is 463. The predicted octanol–water partition coefficient (Wildman–Crippen LogP) is 3.19. The predicted molar refractivity (Wildman–Crippen MR) is 81.7 cm³/mol. The van der Waals surface area contributed by atoms with Crippen molar-refractivity contribution in [2.24, 2.45) is 0 Å². The summed E-state index contributed by atoms with van der Waals surface area (Å²) in [6.45, 7) is 5.84. The second-order valence-electron chi connectivity index (χ2n) is 5.92. The molecule has 20 heavy (non-hydrogen) atoms. The van der Waals surface area contributed by atoms with E-state index in [4.69, 9.17) is 5.73 Å². The van der Waals surface area contributed by atoms with E-state index in [1.54, 1.807) is 6.07 Å². The molecule has 2 N–H and O–H groups in total. The van der Waals surface area contributed by atoms with E-state index in [2.05, 4.69) is 18.8 Å². The summed E-state index contributed by atoms with van der Waals surface area (Å²) in [5.74, 6) is 0.812. The highest BCUT2D eigenvalue weighted by atomic mass is 16.2. The van der Waals surface area contributed by atoms with Crippen LogP contribution in [-0.4, -0.2) is 28.9 Å². The summed E-state index contributed by atoms with van der Waals surface area (Å²) in [6, 6.07) is 3.59. The summed E-state index contributed by atoms with van der Waals surface area (Å²) >= 11 is 0. The number of pyridine rings is 1. The average Bonchev–Trinajstić information content (AvgIpc) is 2.37. The zero-order chi connectivity index (χ0) is 14.5. The Hall–Kier alpha value is -1.58. The van der Waals surface area contributed by atoms with Crippen LogP contribution in [0.5, 0.6) is 0 Å². The molecule has 0 atom stereocenters. The molecule has 1 aromatic rings. The molecule has 1 amide bonds. The van der Waals surface area contributed by atoms with Crippen LogP contribution < -0.4 is 5.73 Å². The standard InChI is InChI=1S/C16H25N3O/c1-12(2)14-10-13(11-15(17)18-14)16(20)19-8-6-4-3-5-7-9-19/h10-12H,3-9H2,1-2H3,(H2,17,18). The fraction of sp³-hybridized carbons (Fsp3) is 0.625. The topological polar surface area (TPSA) is 59.2 Å². The van der Waals surface area contributed by atoms with Crippen molar-refractivity contribution >= 4 is 11.7 Å². The Labute approximate surface area is 121 Å². The molecular formula is C16H25N3O. The van der Waals surface area contributed by atoms with Crippen molar-refractivity contribution in [3.8, 4) is 0 Å². The van der Waals surface area contributed by atoms with Crippen molar-refractivity contribution in [1.82, 2.24) is 9.88 Å². The summed E-state index contributed by atoms with van der Waals surface area (Å²) in [5.41, 5.74) is 7.41. The van der Waals surface area contributed by atoms with E-state index in [1.165, 1.54) is 19.3 Å². The second-order valence-corrected chi connectivity index (χ2v) is 5.92. The molecule has 0 saturated carbocycles. The maximum Gasteiger partial charge on any atom is 0.254 e. The first kappa shape index (κ1) is 14.8. The molecule has 2 heterocycles. The highest BCUT2D eigenvalue weighted by Crippen LogP contribution is 2.19. The minimum atomic E-state index is 0.0999. The van der Waals surface area contributed by atoms with Gasteiger partial charge in [-0.05, 0) is 30.9 Å². The zero-order valence-corrected chi connectivity index (χ0v) is 12.6. The number of rotatable bonds is 2. The second kappa shape index (κ2) is 6.73. The van der Waals surface area contributed by atoms with Gasteiger partial charge in [-0.2, -0.15) is 0 Å². The molecule has 0 aromatic carbocycles. The lowest BCUT2D eigenvalue weighted by atomic mass is 10.0. The number of amides is 1. The van der Waals surface area contributed by atoms with E-state index in [9.17, 15) is 4.79 Å². The number of nitrogens with zero attached hydrogens (tertiary/aromatic N) is 2. The molecule has 1 aliphatic rings. The molecule has 4 heteroatoms. The maximum absolute atomic E-state index is 12.6. The number of hydrogen-bond acceptors (Lipinski definition) is 3. The number of carbonyl (C=O) groups excluding carboxylic acids is 1. The molecule has 1 fully saturated rings. The van der Waals surface area contributed by atoms with Gasteiger partial charge in [-0.25, -0.2) is 4.98 Å². The Morgan fingerprint density at radius 3 is 2.35 bits per heavy atom. The maximum atomic E-state index is 12.6. The van der Waals surface area contributed by atoms with Gasteiger partial charge in [0, 0.05) is 24.3 Å². The Kier molecular flexibility index (Phi) is 4.99. The fourth-order valence-electron chi connectivity index (χ4n) is 2.63. The Morgan fingerprint density at radius 1 is 1.15 bits per heavy atom. The van der Waals surface area contributed by atoms with E-state index in [1.807, 2.05) is 11.0 Å². The lowest BCUT2D eigenvalue weighted by Gasteiger charge is -2.25. The van der Waals surface area contributed by atoms with Crippen molar-refractivity contribution in [3.63, 3.8) is 0 Å². The van der Waals surface area contributed by atoms with Gasteiger partial charge in [0.25, 0.3) is 5.91 Å². The van der Waals surface area contributed by atoms with Gasteiger partial charge >= 0.3 is 0 Å². The Morgan fingerprint density at radius 2 is 1.75 bits per heavy atom. The van der Waals surface area contributed by atoms with Crippen LogP contribution in [0.25, 0.3) is 0 Å². The molecule has 1 aromatic heterocycles. The third-order valence-corrected chi connectivity index (χ3v) is 3.85. The number of likely N-dealkylation sites (tertiary alicyclic amines) is 1. The normalized spacial score (nSPS) is 16.9. The average molecular weight is 275 g/mol. The van der Waals surface area contributed by atoms with Gasteiger partial charge in [-0.3, -0.25) is 4.79 Å². The van der Waals surface area contributed by atoms with Crippen LogP contribution in [-0.2, 0) is 0 Å². The molecule has 0 spiro atoms. The monoisotopic (exact) mass is 275 g/mol. The zero-order valence-electron chi connectivity index (χ0n) is 12.6. The summed E-state index contributed by atoms with van der Waals surface area (Å²) < 4.78 is 0. The Balaban J connectivity index is 2.18.